The van der Waals surface area contributed by atoms with Gasteiger partial charge in [0.2, 0.25) is 11.1 Å². The van der Waals surface area contributed by atoms with Crippen LogP contribution in [0.2, 0.25) is 0 Å². The first kappa shape index (κ1) is 11.8. The molecule has 1 heterocycles. The minimum Gasteiger partial charge on any atom is -0.468 e. The maximum atomic E-state index is 11.4. The number of methoxy groups -OCH3 is 1. The molecule has 1 aromatic rings. The number of nitrogens with one attached hydrogen (secondary N) is 1. The van der Waals surface area contributed by atoms with Crippen LogP contribution in [0.5, 0.6) is 0 Å². The molecule has 0 unspecified atom stereocenters. The second kappa shape index (κ2) is 5.01. The minimum absolute atomic E-state index is 0.141. The fourth-order valence-corrected chi connectivity index (χ4v) is 1.94. The first-order valence-electron chi connectivity index (χ1n) is 4.47. The second-order valence-corrected chi connectivity index (χ2v) is 4.42. The molecule has 0 aromatic carbocycles. The number of anilines is 1. The number of H-pyrrole nitrogens is 1. The molecule has 1 atom stereocenters. The number of rotatable bonds is 4. The number of hydrogen-bond acceptors (Lipinski definition) is 6. The lowest BCUT2D eigenvalue weighted by molar-refractivity contribution is -0.140. The van der Waals surface area contributed by atoms with E-state index in [9.17, 15) is 4.79 Å². The van der Waals surface area contributed by atoms with Crippen LogP contribution in [0.3, 0.4) is 0 Å². The summed E-state index contributed by atoms with van der Waals surface area (Å²) >= 11 is 1.24. The molecule has 0 aliphatic carbocycles. The number of hydrogen-bond donors (Lipinski definition) is 2. The van der Waals surface area contributed by atoms with Crippen LogP contribution in [0.25, 0.3) is 0 Å². The van der Waals surface area contributed by atoms with Crippen LogP contribution in [0, 0.1) is 5.92 Å². The van der Waals surface area contributed by atoms with Crippen molar-refractivity contribution in [1.82, 2.24) is 15.2 Å². The van der Waals surface area contributed by atoms with Gasteiger partial charge in [-0.1, -0.05) is 25.6 Å². The predicted molar refractivity (Wildman–Crippen MR) is 57.3 cm³/mol. The van der Waals surface area contributed by atoms with E-state index in [4.69, 9.17) is 10.5 Å². The third-order valence-corrected chi connectivity index (χ3v) is 3.14. The third kappa shape index (κ3) is 3.12. The zero-order chi connectivity index (χ0) is 11.4. The Morgan fingerprint density at radius 2 is 2.27 bits per heavy atom. The highest BCUT2D eigenvalue weighted by Crippen LogP contribution is 2.26. The Kier molecular flexibility index (Phi) is 3.96. The van der Waals surface area contributed by atoms with E-state index < -0.39 is 0 Å². The van der Waals surface area contributed by atoms with Gasteiger partial charge in [0.05, 0.1) is 7.11 Å². The normalized spacial score (nSPS) is 12.8. The number of aromatic nitrogens is 3. The molecule has 1 rings (SSSR count). The number of aromatic amines is 1. The largest absolute Gasteiger partial charge is 0.468 e. The fourth-order valence-electron chi connectivity index (χ4n) is 0.997. The molecule has 0 saturated heterocycles. The number of carbonyl (C=O) groups is 1. The standard InChI is InChI=1S/C8H14N4O2S/c1-4(2)5(6(13)14-3)15-8-10-7(9)11-12-8/h4-5H,1-3H3,(H3,9,10,11,12)/t5-/m1/s1. The summed E-state index contributed by atoms with van der Waals surface area (Å²) in [6, 6.07) is 0. The van der Waals surface area contributed by atoms with Gasteiger partial charge in [0.25, 0.3) is 0 Å². The molecule has 0 saturated carbocycles. The van der Waals surface area contributed by atoms with Crippen molar-refractivity contribution in [3.05, 3.63) is 0 Å². The minimum atomic E-state index is -0.315. The molecule has 84 valence electrons. The summed E-state index contributed by atoms with van der Waals surface area (Å²) in [5.74, 6) is 0.102. The maximum Gasteiger partial charge on any atom is 0.319 e. The van der Waals surface area contributed by atoms with Gasteiger partial charge in [-0.05, 0) is 5.92 Å². The van der Waals surface area contributed by atoms with Gasteiger partial charge in [0.15, 0.2) is 0 Å². The Balaban J connectivity index is 2.71. The highest BCUT2D eigenvalue weighted by Gasteiger charge is 2.25. The second-order valence-electron chi connectivity index (χ2n) is 3.31. The van der Waals surface area contributed by atoms with Gasteiger partial charge in [-0.15, -0.1) is 5.10 Å². The molecule has 0 radical (unpaired) electrons. The number of nitrogen functional groups attached to an aromatic ring is 1. The molecular weight excluding hydrogens is 216 g/mol. The van der Waals surface area contributed by atoms with Crippen LogP contribution in [0.4, 0.5) is 5.95 Å². The number of ether oxygens (including phenoxy) is 1. The Labute approximate surface area is 92.0 Å². The van der Waals surface area contributed by atoms with Gasteiger partial charge in [0.1, 0.15) is 5.25 Å². The third-order valence-electron chi connectivity index (χ3n) is 1.75. The van der Waals surface area contributed by atoms with E-state index in [1.165, 1.54) is 18.9 Å². The average Bonchev–Trinajstić information content (AvgIpc) is 2.59. The number of nitrogens with zero attached hydrogens (tertiary/aromatic N) is 2. The lowest BCUT2D eigenvalue weighted by atomic mass is 10.1. The Morgan fingerprint density at radius 3 is 2.67 bits per heavy atom. The van der Waals surface area contributed by atoms with E-state index in [1.54, 1.807) is 0 Å². The fraction of sp³-hybridized carbons (Fsp3) is 0.625. The molecular formula is C8H14N4O2S. The highest BCUT2D eigenvalue weighted by atomic mass is 32.2. The van der Waals surface area contributed by atoms with Gasteiger partial charge in [0, 0.05) is 0 Å². The zero-order valence-electron chi connectivity index (χ0n) is 8.85. The summed E-state index contributed by atoms with van der Waals surface area (Å²) in [5.41, 5.74) is 5.38. The number of esters is 1. The summed E-state index contributed by atoms with van der Waals surface area (Å²) in [4.78, 5) is 15.3. The lowest BCUT2D eigenvalue weighted by Crippen LogP contribution is -2.24. The maximum absolute atomic E-state index is 11.4. The smallest absolute Gasteiger partial charge is 0.319 e. The zero-order valence-corrected chi connectivity index (χ0v) is 9.67. The first-order chi connectivity index (χ1) is 7.04. The lowest BCUT2D eigenvalue weighted by Gasteiger charge is -2.15. The van der Waals surface area contributed by atoms with Crippen molar-refractivity contribution in [1.29, 1.82) is 0 Å². The molecule has 6 nitrogen and oxygen atoms in total. The quantitative estimate of drug-likeness (QED) is 0.583. The molecule has 0 amide bonds. The van der Waals surface area contributed by atoms with E-state index in [1.807, 2.05) is 13.8 Å². The molecule has 0 aliphatic rings. The van der Waals surface area contributed by atoms with Crippen molar-refractivity contribution in [2.45, 2.75) is 24.3 Å². The van der Waals surface area contributed by atoms with Crippen molar-refractivity contribution >= 4 is 23.7 Å². The van der Waals surface area contributed by atoms with Gasteiger partial charge < -0.3 is 10.5 Å². The summed E-state index contributed by atoms with van der Waals surface area (Å²) in [6.07, 6.45) is 0. The van der Waals surface area contributed by atoms with Crippen LogP contribution < -0.4 is 5.73 Å². The van der Waals surface area contributed by atoms with E-state index in [0.29, 0.717) is 5.16 Å². The van der Waals surface area contributed by atoms with E-state index >= 15 is 0 Å². The van der Waals surface area contributed by atoms with E-state index in [2.05, 4.69) is 15.2 Å². The van der Waals surface area contributed by atoms with Crippen LogP contribution in [-0.4, -0.2) is 33.5 Å². The SMILES string of the molecule is COC(=O)[C@H](Sc1n[nH]c(N)n1)C(C)C. The van der Waals surface area contributed by atoms with E-state index in [-0.39, 0.29) is 23.1 Å². The molecule has 3 N–H and O–H groups in total. The topological polar surface area (TPSA) is 93.9 Å². The number of carbonyl (C=O) groups excluding carboxylic acids is 1. The Morgan fingerprint density at radius 1 is 1.60 bits per heavy atom. The van der Waals surface area contributed by atoms with Crippen LogP contribution in [0.15, 0.2) is 5.16 Å². The summed E-state index contributed by atoms with van der Waals surface area (Å²) < 4.78 is 4.70. The monoisotopic (exact) mass is 230 g/mol. The Bertz CT molecular complexity index is 339. The van der Waals surface area contributed by atoms with Gasteiger partial charge in [-0.25, -0.2) is 5.10 Å². The molecule has 0 spiro atoms. The summed E-state index contributed by atoms with van der Waals surface area (Å²) in [6.45, 7) is 3.87. The van der Waals surface area contributed by atoms with Gasteiger partial charge >= 0.3 is 5.97 Å². The highest BCUT2D eigenvalue weighted by molar-refractivity contribution is 8.00. The van der Waals surface area contributed by atoms with Crippen LogP contribution in [-0.2, 0) is 9.53 Å². The van der Waals surface area contributed by atoms with Crippen LogP contribution >= 0.6 is 11.8 Å². The van der Waals surface area contributed by atoms with Crippen molar-refractivity contribution < 1.29 is 9.53 Å². The molecule has 7 heteroatoms. The van der Waals surface area contributed by atoms with Crippen LogP contribution in [0.1, 0.15) is 13.8 Å². The van der Waals surface area contributed by atoms with E-state index in [0.717, 1.165) is 0 Å². The average molecular weight is 230 g/mol. The first-order valence-corrected chi connectivity index (χ1v) is 5.35. The number of thioether (sulfide) groups is 1. The van der Waals surface area contributed by atoms with Gasteiger partial charge in [-0.2, -0.15) is 4.98 Å². The Hall–Kier alpha value is -1.24. The van der Waals surface area contributed by atoms with Crippen molar-refractivity contribution in [3.8, 4) is 0 Å². The number of nitrogens with two attached hydrogens (primary N) is 1. The molecule has 0 aliphatic heterocycles. The predicted octanol–water partition coefficient (Wildman–Crippen LogP) is 0.677. The summed E-state index contributed by atoms with van der Waals surface area (Å²) in [7, 11) is 1.37. The van der Waals surface area contributed by atoms with Gasteiger partial charge in [-0.3, -0.25) is 4.79 Å². The molecule has 15 heavy (non-hydrogen) atoms. The molecule has 1 aromatic heterocycles. The molecule has 0 bridgehead atoms. The summed E-state index contributed by atoms with van der Waals surface area (Å²) in [5, 5.41) is 6.50. The van der Waals surface area contributed by atoms with Crippen molar-refractivity contribution in [3.63, 3.8) is 0 Å². The van der Waals surface area contributed by atoms with Crippen molar-refractivity contribution in [2.75, 3.05) is 12.8 Å². The molecule has 0 fully saturated rings. The van der Waals surface area contributed by atoms with Crippen molar-refractivity contribution in [2.24, 2.45) is 5.92 Å².